The summed E-state index contributed by atoms with van der Waals surface area (Å²) in [6.07, 6.45) is 6.07. The standard InChI is InChI=1S/C28H25FN8O2/c29-22-9-20(10-23(12-22)33-28(38)34-24-14-30-17-31-15-24)26-25-11-21(13-32-27(25)36-35-26)19-3-1-18(2-4-19)16-37-5-7-39-8-6-37/h1-4,9-15,17H,5-8,16H2,(H,32,35,36)(H2,33,34,38). The van der Waals surface area contributed by atoms with Crippen LogP contribution < -0.4 is 10.6 Å². The molecule has 1 aliphatic rings. The van der Waals surface area contributed by atoms with E-state index in [2.05, 4.69) is 64.9 Å². The summed E-state index contributed by atoms with van der Waals surface area (Å²) in [5.74, 6) is -0.512. The molecule has 0 saturated carbocycles. The van der Waals surface area contributed by atoms with Crippen molar-refractivity contribution in [3.63, 3.8) is 0 Å². The van der Waals surface area contributed by atoms with E-state index in [1.807, 2.05) is 6.07 Å². The summed E-state index contributed by atoms with van der Waals surface area (Å²) in [4.78, 5) is 27.0. The predicted octanol–water partition coefficient (Wildman–Crippen LogP) is 4.70. The van der Waals surface area contributed by atoms with E-state index in [0.717, 1.165) is 49.4 Å². The van der Waals surface area contributed by atoms with E-state index in [0.29, 0.717) is 22.6 Å². The van der Waals surface area contributed by atoms with Crippen molar-refractivity contribution in [2.24, 2.45) is 0 Å². The van der Waals surface area contributed by atoms with Crippen LogP contribution in [0.3, 0.4) is 0 Å². The molecule has 0 atom stereocenters. The highest BCUT2D eigenvalue weighted by Crippen LogP contribution is 2.31. The zero-order valence-electron chi connectivity index (χ0n) is 20.9. The van der Waals surface area contributed by atoms with Crippen LogP contribution in [0, 0.1) is 5.82 Å². The molecule has 2 amide bonds. The molecule has 0 spiro atoms. The highest BCUT2D eigenvalue weighted by Gasteiger charge is 2.15. The number of halogens is 1. The first-order chi connectivity index (χ1) is 19.1. The summed E-state index contributed by atoms with van der Waals surface area (Å²) in [7, 11) is 0. The maximum absolute atomic E-state index is 14.6. The van der Waals surface area contributed by atoms with Gasteiger partial charge in [-0.05, 0) is 35.4 Å². The highest BCUT2D eigenvalue weighted by atomic mass is 19.1. The maximum atomic E-state index is 14.6. The van der Waals surface area contributed by atoms with Crippen molar-refractivity contribution < 1.29 is 13.9 Å². The second-order valence-corrected chi connectivity index (χ2v) is 9.21. The van der Waals surface area contributed by atoms with Crippen molar-refractivity contribution >= 4 is 28.4 Å². The quantitative estimate of drug-likeness (QED) is 0.294. The lowest BCUT2D eigenvalue weighted by atomic mass is 10.0. The van der Waals surface area contributed by atoms with Crippen molar-refractivity contribution in [3.8, 4) is 22.4 Å². The molecule has 0 unspecified atom stereocenters. The van der Waals surface area contributed by atoms with E-state index in [1.54, 1.807) is 12.3 Å². The van der Waals surface area contributed by atoms with Gasteiger partial charge in [0, 0.05) is 48.0 Å². The second kappa shape index (κ2) is 10.9. The number of rotatable bonds is 6. The Morgan fingerprint density at radius 1 is 0.923 bits per heavy atom. The van der Waals surface area contributed by atoms with Gasteiger partial charge >= 0.3 is 6.03 Å². The number of aromatic amines is 1. The topological polar surface area (TPSA) is 121 Å². The van der Waals surface area contributed by atoms with Crippen LogP contribution in [0.25, 0.3) is 33.4 Å². The van der Waals surface area contributed by atoms with Crippen molar-refractivity contribution in [2.75, 3.05) is 36.9 Å². The molecule has 6 rings (SSSR count). The summed E-state index contributed by atoms with van der Waals surface area (Å²) in [6.45, 7) is 4.32. The number of hydrogen-bond acceptors (Lipinski definition) is 7. The zero-order chi connectivity index (χ0) is 26.6. The van der Waals surface area contributed by atoms with Gasteiger partial charge in [-0.3, -0.25) is 10.00 Å². The number of aromatic nitrogens is 5. The van der Waals surface area contributed by atoms with E-state index in [4.69, 9.17) is 4.74 Å². The van der Waals surface area contributed by atoms with Crippen LogP contribution >= 0.6 is 0 Å². The minimum atomic E-state index is -0.547. The predicted molar refractivity (Wildman–Crippen MR) is 145 cm³/mol. The molecule has 1 saturated heterocycles. The third-order valence-corrected chi connectivity index (χ3v) is 6.46. The molecule has 5 aromatic rings. The van der Waals surface area contributed by atoms with Gasteiger partial charge in [-0.1, -0.05) is 24.3 Å². The van der Waals surface area contributed by atoms with E-state index in [-0.39, 0.29) is 5.69 Å². The SMILES string of the molecule is O=C(Nc1cncnc1)Nc1cc(F)cc(-c2n[nH]c3ncc(-c4ccc(CN5CCOCC5)cc4)cc23)c1. The fraction of sp³-hybridized carbons (Fsp3) is 0.179. The number of amides is 2. The Labute approximate surface area is 223 Å². The Kier molecular flexibility index (Phi) is 6.89. The van der Waals surface area contributed by atoms with Crippen LogP contribution in [0.4, 0.5) is 20.6 Å². The van der Waals surface area contributed by atoms with Gasteiger partial charge in [-0.2, -0.15) is 5.10 Å². The summed E-state index contributed by atoms with van der Waals surface area (Å²) < 4.78 is 20.0. The smallest absolute Gasteiger partial charge is 0.323 e. The number of hydrogen-bond donors (Lipinski definition) is 3. The summed E-state index contributed by atoms with van der Waals surface area (Å²) in [5.41, 5.74) is 5.48. The molecular weight excluding hydrogens is 499 g/mol. The fourth-order valence-corrected chi connectivity index (χ4v) is 4.56. The van der Waals surface area contributed by atoms with Crippen LogP contribution in [0.15, 0.2) is 73.4 Å². The number of carbonyl (C=O) groups is 1. The van der Waals surface area contributed by atoms with Crippen LogP contribution in [0.2, 0.25) is 0 Å². The lowest BCUT2D eigenvalue weighted by Crippen LogP contribution is -2.35. The van der Waals surface area contributed by atoms with Crippen LogP contribution in [-0.4, -0.2) is 62.4 Å². The lowest BCUT2D eigenvalue weighted by Gasteiger charge is -2.26. The summed E-state index contributed by atoms with van der Waals surface area (Å²) in [6, 6.07) is 14.1. The Hall–Kier alpha value is -4.74. The molecule has 1 aliphatic heterocycles. The van der Waals surface area contributed by atoms with E-state index in [1.165, 1.54) is 36.4 Å². The van der Waals surface area contributed by atoms with Gasteiger partial charge in [-0.25, -0.2) is 24.1 Å². The fourth-order valence-electron chi connectivity index (χ4n) is 4.56. The molecule has 0 radical (unpaired) electrons. The number of ether oxygens (including phenoxy) is 1. The number of pyridine rings is 1. The largest absolute Gasteiger partial charge is 0.379 e. The number of carbonyl (C=O) groups excluding carboxylic acids is 1. The molecule has 3 aromatic heterocycles. The summed E-state index contributed by atoms with van der Waals surface area (Å²) in [5, 5.41) is 13.3. The molecule has 4 heterocycles. The molecule has 3 N–H and O–H groups in total. The van der Waals surface area contributed by atoms with E-state index < -0.39 is 11.8 Å². The monoisotopic (exact) mass is 524 g/mol. The van der Waals surface area contributed by atoms with E-state index in [9.17, 15) is 9.18 Å². The maximum Gasteiger partial charge on any atom is 0.323 e. The molecule has 0 aliphatic carbocycles. The molecule has 196 valence electrons. The van der Waals surface area contributed by atoms with Gasteiger partial charge in [-0.15, -0.1) is 0 Å². The average Bonchev–Trinajstić information content (AvgIpc) is 3.38. The van der Waals surface area contributed by atoms with Gasteiger partial charge in [0.05, 0.1) is 31.3 Å². The third-order valence-electron chi connectivity index (χ3n) is 6.46. The van der Waals surface area contributed by atoms with Crippen molar-refractivity contribution in [1.82, 2.24) is 30.0 Å². The van der Waals surface area contributed by atoms with Crippen LogP contribution in [0.5, 0.6) is 0 Å². The molecule has 0 bridgehead atoms. The van der Waals surface area contributed by atoms with Crippen LogP contribution in [-0.2, 0) is 11.3 Å². The number of morpholine rings is 1. The van der Waals surface area contributed by atoms with Crippen molar-refractivity contribution in [2.45, 2.75) is 6.54 Å². The Balaban J connectivity index is 1.23. The van der Waals surface area contributed by atoms with Gasteiger partial charge in [0.25, 0.3) is 0 Å². The minimum Gasteiger partial charge on any atom is -0.379 e. The van der Waals surface area contributed by atoms with Gasteiger partial charge < -0.3 is 15.4 Å². The zero-order valence-corrected chi connectivity index (χ0v) is 20.9. The van der Waals surface area contributed by atoms with Gasteiger partial charge in [0.1, 0.15) is 17.8 Å². The number of anilines is 2. The Morgan fingerprint density at radius 3 is 2.49 bits per heavy atom. The molecule has 39 heavy (non-hydrogen) atoms. The Morgan fingerprint density at radius 2 is 1.69 bits per heavy atom. The number of benzene rings is 2. The van der Waals surface area contributed by atoms with Crippen molar-refractivity contribution in [1.29, 1.82) is 0 Å². The van der Waals surface area contributed by atoms with Crippen LogP contribution in [0.1, 0.15) is 5.56 Å². The van der Waals surface area contributed by atoms with E-state index >= 15 is 0 Å². The van der Waals surface area contributed by atoms with Gasteiger partial charge in [0.2, 0.25) is 0 Å². The first-order valence-electron chi connectivity index (χ1n) is 12.5. The average molecular weight is 525 g/mol. The first-order valence-corrected chi connectivity index (χ1v) is 12.5. The molecule has 1 fully saturated rings. The summed E-state index contributed by atoms with van der Waals surface area (Å²) >= 11 is 0. The highest BCUT2D eigenvalue weighted by molar-refractivity contribution is 6.00. The number of nitrogens with zero attached hydrogens (tertiary/aromatic N) is 5. The molecule has 10 nitrogen and oxygen atoms in total. The number of H-pyrrole nitrogens is 1. The molecule has 2 aromatic carbocycles. The minimum absolute atomic E-state index is 0.274. The molecular formula is C28H25FN8O2. The molecule has 11 heteroatoms. The lowest BCUT2D eigenvalue weighted by molar-refractivity contribution is 0.0342. The second-order valence-electron chi connectivity index (χ2n) is 9.21. The number of nitrogens with one attached hydrogen (secondary N) is 3. The third kappa shape index (κ3) is 5.74. The number of urea groups is 1. The van der Waals surface area contributed by atoms with Crippen molar-refractivity contribution in [3.05, 3.63) is 84.8 Å². The first kappa shape index (κ1) is 24.6. The number of fused-ring (bicyclic) bond motifs is 1. The Bertz CT molecular complexity index is 1600. The normalized spacial score (nSPS) is 13.9. The van der Waals surface area contributed by atoms with Gasteiger partial charge in [0.15, 0.2) is 5.65 Å².